The Balaban J connectivity index is 1.21. The number of amides is 1. The number of benzene rings is 2. The molecule has 2 aromatic heterocycles. The summed E-state index contributed by atoms with van der Waals surface area (Å²) in [7, 11) is -2.32. The molecule has 2 unspecified atom stereocenters. The number of thiazole rings is 1. The molecule has 1 amide bonds. The van der Waals surface area contributed by atoms with Gasteiger partial charge in [0, 0.05) is 30.1 Å². The smallest absolute Gasteiger partial charge is 0.271 e. The molecule has 2 bridgehead atoms. The molecule has 4 aromatic rings. The molecule has 4 heterocycles. The van der Waals surface area contributed by atoms with Crippen LogP contribution < -0.4 is 14.4 Å². The lowest BCUT2D eigenvalue weighted by Gasteiger charge is -2.34. The number of aryl methyl sites for hydroxylation is 1. The van der Waals surface area contributed by atoms with Crippen LogP contribution in [0.1, 0.15) is 22.3 Å². The highest BCUT2D eigenvalue weighted by Gasteiger charge is 2.46. The average Bonchev–Trinajstić information content (AvgIpc) is 3.72. The van der Waals surface area contributed by atoms with Crippen molar-refractivity contribution in [1.82, 2.24) is 9.88 Å². The van der Waals surface area contributed by atoms with Gasteiger partial charge in [0.15, 0.2) is 5.13 Å². The molecule has 196 valence electrons. The van der Waals surface area contributed by atoms with Gasteiger partial charge in [0.25, 0.3) is 15.9 Å². The zero-order valence-corrected chi connectivity index (χ0v) is 23.3. The number of methoxy groups -OCH3 is 1. The Labute approximate surface area is 229 Å². The first-order valence-corrected chi connectivity index (χ1v) is 15.4. The zero-order chi connectivity index (χ0) is 26.4. The third-order valence-electron chi connectivity index (χ3n) is 7.05. The first kappa shape index (κ1) is 24.9. The van der Waals surface area contributed by atoms with Gasteiger partial charge in [0.1, 0.15) is 9.96 Å². The Kier molecular flexibility index (Phi) is 6.37. The summed E-state index contributed by atoms with van der Waals surface area (Å²) in [5.74, 6) is 0.274. The summed E-state index contributed by atoms with van der Waals surface area (Å²) in [5.41, 5.74) is 3.79. The van der Waals surface area contributed by atoms with Crippen molar-refractivity contribution in [2.45, 2.75) is 29.6 Å². The Hall–Kier alpha value is -3.41. The number of piperazine rings is 1. The summed E-state index contributed by atoms with van der Waals surface area (Å²) in [4.78, 5) is 22.8. The number of rotatable bonds is 7. The second kappa shape index (κ2) is 9.72. The van der Waals surface area contributed by atoms with Crippen molar-refractivity contribution in [2.75, 3.05) is 29.8 Å². The summed E-state index contributed by atoms with van der Waals surface area (Å²) in [5, 5.41) is 4.75. The molecule has 2 aromatic carbocycles. The number of aromatic nitrogens is 1. The lowest BCUT2D eigenvalue weighted by Crippen LogP contribution is -2.49. The van der Waals surface area contributed by atoms with Crippen molar-refractivity contribution >= 4 is 49.4 Å². The van der Waals surface area contributed by atoms with E-state index in [0.717, 1.165) is 34.1 Å². The summed E-state index contributed by atoms with van der Waals surface area (Å²) in [6.07, 6.45) is 0.859. The number of anilines is 2. The maximum absolute atomic E-state index is 13.7. The number of fused-ring (bicyclic) bond motifs is 2. The molecule has 0 radical (unpaired) electrons. The van der Waals surface area contributed by atoms with Crippen molar-refractivity contribution in [3.8, 4) is 17.0 Å². The van der Waals surface area contributed by atoms with Gasteiger partial charge < -0.3 is 14.5 Å². The molecule has 0 saturated carbocycles. The van der Waals surface area contributed by atoms with Gasteiger partial charge in [-0.2, -0.15) is 0 Å². The molecular formula is C27H26N4O4S3. The summed E-state index contributed by atoms with van der Waals surface area (Å²) >= 11 is 2.74. The lowest BCUT2D eigenvalue weighted by atomic mass is 10.1. The monoisotopic (exact) mass is 566 g/mol. The molecule has 38 heavy (non-hydrogen) atoms. The molecule has 6 rings (SSSR count). The van der Waals surface area contributed by atoms with Gasteiger partial charge in [-0.05, 0) is 36.9 Å². The summed E-state index contributed by atoms with van der Waals surface area (Å²) < 4.78 is 33.9. The molecule has 1 N–H and O–H groups in total. The third-order valence-corrected chi connectivity index (χ3v) is 10.7. The highest BCUT2D eigenvalue weighted by atomic mass is 32.2. The number of ether oxygens (including phenoxy) is 1. The molecule has 2 atom stereocenters. The Bertz CT molecular complexity index is 1580. The van der Waals surface area contributed by atoms with Crippen LogP contribution in [0.3, 0.4) is 0 Å². The number of hydrogen-bond acceptors (Lipinski definition) is 8. The third kappa shape index (κ3) is 4.55. The number of thiophene rings is 1. The predicted molar refractivity (Wildman–Crippen MR) is 151 cm³/mol. The quantitative estimate of drug-likeness (QED) is 0.335. The Morgan fingerprint density at radius 3 is 2.58 bits per heavy atom. The van der Waals surface area contributed by atoms with Crippen LogP contribution in [-0.2, 0) is 10.0 Å². The second-order valence-corrected chi connectivity index (χ2v) is 13.2. The topological polar surface area (TPSA) is 91.8 Å². The van der Waals surface area contributed by atoms with Crippen LogP contribution in [0.25, 0.3) is 11.3 Å². The SMILES string of the molecule is COc1ccc(C(=O)N2CC3CC2CN3c2nc(-c3ccc(C)cc3)cs2)c(NS(=O)(=O)c2cccs2)c1. The van der Waals surface area contributed by atoms with Gasteiger partial charge in [-0.1, -0.05) is 35.9 Å². The van der Waals surface area contributed by atoms with Gasteiger partial charge in [-0.3, -0.25) is 9.52 Å². The van der Waals surface area contributed by atoms with E-state index in [9.17, 15) is 13.2 Å². The zero-order valence-electron chi connectivity index (χ0n) is 20.8. The van der Waals surface area contributed by atoms with Crippen LogP contribution in [0.5, 0.6) is 5.75 Å². The number of likely N-dealkylation sites (tertiary alicyclic amines) is 1. The number of carbonyl (C=O) groups excluding carboxylic acids is 1. The fraction of sp³-hybridized carbons (Fsp3) is 0.259. The molecule has 2 saturated heterocycles. The molecule has 0 aliphatic carbocycles. The molecule has 2 fully saturated rings. The molecule has 0 spiro atoms. The second-order valence-electron chi connectivity index (χ2n) is 9.48. The number of carbonyl (C=O) groups is 1. The number of nitrogens with one attached hydrogen (secondary N) is 1. The Morgan fingerprint density at radius 2 is 1.89 bits per heavy atom. The predicted octanol–water partition coefficient (Wildman–Crippen LogP) is 5.09. The normalized spacial score (nSPS) is 18.7. The van der Waals surface area contributed by atoms with E-state index in [1.165, 1.54) is 18.7 Å². The lowest BCUT2D eigenvalue weighted by molar-refractivity contribution is 0.0726. The fourth-order valence-corrected chi connectivity index (χ4v) is 8.07. The van der Waals surface area contributed by atoms with Crippen LogP contribution in [0.15, 0.2) is 69.6 Å². The van der Waals surface area contributed by atoms with E-state index in [1.807, 2.05) is 4.90 Å². The van der Waals surface area contributed by atoms with Crippen LogP contribution in [0.2, 0.25) is 0 Å². The standard InChI is InChI=1S/C27H26N4O4S3/c1-17-5-7-18(8-6-17)24-16-37-27(28-24)31-15-19-12-20(31)14-30(19)26(32)22-10-9-21(35-2)13-23(22)29-38(33,34)25-4-3-11-36-25/h3-11,13,16,19-20,29H,12,14-15H2,1-2H3. The van der Waals surface area contributed by atoms with Gasteiger partial charge in [0.05, 0.1) is 36.1 Å². The minimum atomic E-state index is -3.83. The van der Waals surface area contributed by atoms with Crippen molar-refractivity contribution in [3.05, 3.63) is 76.5 Å². The van der Waals surface area contributed by atoms with Crippen LogP contribution >= 0.6 is 22.7 Å². The molecule has 2 aliphatic heterocycles. The number of nitrogens with zero attached hydrogens (tertiary/aromatic N) is 3. The van der Waals surface area contributed by atoms with Crippen molar-refractivity contribution in [3.63, 3.8) is 0 Å². The summed E-state index contributed by atoms with van der Waals surface area (Å²) in [6.45, 7) is 3.33. The van der Waals surface area contributed by atoms with Crippen molar-refractivity contribution in [2.24, 2.45) is 0 Å². The molecule has 2 aliphatic rings. The maximum Gasteiger partial charge on any atom is 0.271 e. The van der Waals surface area contributed by atoms with Gasteiger partial charge >= 0.3 is 0 Å². The molecule has 8 nitrogen and oxygen atoms in total. The largest absolute Gasteiger partial charge is 0.497 e. The van der Waals surface area contributed by atoms with Gasteiger partial charge in [-0.15, -0.1) is 22.7 Å². The minimum absolute atomic E-state index is 0.0306. The van der Waals surface area contributed by atoms with Crippen molar-refractivity contribution in [1.29, 1.82) is 0 Å². The van der Waals surface area contributed by atoms with E-state index < -0.39 is 10.0 Å². The van der Waals surface area contributed by atoms with E-state index >= 15 is 0 Å². The van der Waals surface area contributed by atoms with E-state index in [0.29, 0.717) is 24.4 Å². The van der Waals surface area contributed by atoms with E-state index in [2.05, 4.69) is 46.2 Å². The van der Waals surface area contributed by atoms with Crippen LogP contribution in [0, 0.1) is 6.92 Å². The number of hydrogen-bond donors (Lipinski definition) is 1. The molecular weight excluding hydrogens is 541 g/mol. The van der Waals surface area contributed by atoms with Gasteiger partial charge in [-0.25, -0.2) is 13.4 Å². The fourth-order valence-electron chi connectivity index (χ4n) is 5.09. The minimum Gasteiger partial charge on any atom is -0.497 e. The Morgan fingerprint density at radius 1 is 1.08 bits per heavy atom. The highest BCUT2D eigenvalue weighted by molar-refractivity contribution is 7.94. The van der Waals surface area contributed by atoms with Crippen LogP contribution in [-0.4, -0.2) is 56.5 Å². The van der Waals surface area contributed by atoms with E-state index in [1.54, 1.807) is 41.0 Å². The first-order chi connectivity index (χ1) is 18.3. The van der Waals surface area contributed by atoms with E-state index in [4.69, 9.17) is 9.72 Å². The van der Waals surface area contributed by atoms with Crippen LogP contribution in [0.4, 0.5) is 10.8 Å². The summed E-state index contributed by atoms with van der Waals surface area (Å²) in [6, 6.07) is 16.6. The van der Waals surface area contributed by atoms with Gasteiger partial charge in [0.2, 0.25) is 0 Å². The highest BCUT2D eigenvalue weighted by Crippen LogP contribution is 2.39. The molecule has 11 heteroatoms. The first-order valence-electron chi connectivity index (χ1n) is 12.2. The van der Waals surface area contributed by atoms with E-state index in [-0.39, 0.29) is 27.9 Å². The number of sulfonamides is 1. The van der Waals surface area contributed by atoms with Crippen molar-refractivity contribution < 1.29 is 17.9 Å². The average molecular weight is 567 g/mol. The maximum atomic E-state index is 13.7.